The van der Waals surface area contributed by atoms with Crippen LogP contribution in [-0.4, -0.2) is 71.2 Å². The van der Waals surface area contributed by atoms with E-state index in [9.17, 15) is 12.8 Å². The van der Waals surface area contributed by atoms with Crippen LogP contribution < -0.4 is 4.74 Å². The van der Waals surface area contributed by atoms with E-state index in [4.69, 9.17) is 9.47 Å². The van der Waals surface area contributed by atoms with Crippen molar-refractivity contribution < 1.29 is 22.3 Å². The molecule has 1 fully saturated rings. The van der Waals surface area contributed by atoms with E-state index in [0.29, 0.717) is 6.54 Å². The Kier molecular flexibility index (Phi) is 5.61. The molecule has 0 bridgehead atoms. The number of rotatable bonds is 6. The number of likely N-dealkylation sites (N-methyl/N-ethyl adjacent to an activating group) is 2. The second kappa shape index (κ2) is 7.12. The van der Waals surface area contributed by atoms with Crippen LogP contribution in [-0.2, 0) is 14.8 Å². The molecule has 1 saturated heterocycles. The molecule has 0 spiro atoms. The van der Waals surface area contributed by atoms with Crippen LogP contribution in [0.1, 0.15) is 6.42 Å². The lowest BCUT2D eigenvalue weighted by molar-refractivity contribution is 0.111. The average Bonchev–Trinajstić information content (AvgIpc) is 2.87. The van der Waals surface area contributed by atoms with E-state index >= 15 is 0 Å². The molecule has 1 aromatic carbocycles. The van der Waals surface area contributed by atoms with Gasteiger partial charge in [0.15, 0.2) is 11.6 Å². The van der Waals surface area contributed by atoms with Crippen molar-refractivity contribution in [2.45, 2.75) is 23.5 Å². The molecule has 0 aliphatic carbocycles. The van der Waals surface area contributed by atoms with E-state index in [-0.39, 0.29) is 22.8 Å². The summed E-state index contributed by atoms with van der Waals surface area (Å²) in [5.74, 6) is -0.676. The normalized spacial score (nSPS) is 22.7. The zero-order valence-electron chi connectivity index (χ0n) is 13.8. The summed E-state index contributed by atoms with van der Waals surface area (Å²) in [5.41, 5.74) is 0. The van der Waals surface area contributed by atoms with Crippen LogP contribution in [0.3, 0.4) is 0 Å². The third kappa shape index (κ3) is 3.82. The smallest absolute Gasteiger partial charge is 0.243 e. The van der Waals surface area contributed by atoms with Crippen molar-refractivity contribution in [2.75, 3.05) is 41.4 Å². The van der Waals surface area contributed by atoms with Crippen LogP contribution in [0.4, 0.5) is 4.39 Å². The quantitative estimate of drug-likeness (QED) is 0.774. The summed E-state index contributed by atoms with van der Waals surface area (Å²) >= 11 is 0. The molecule has 0 radical (unpaired) electrons. The molecule has 1 heterocycles. The van der Waals surface area contributed by atoms with Gasteiger partial charge in [-0.05, 0) is 25.6 Å². The van der Waals surface area contributed by atoms with Crippen molar-refractivity contribution in [2.24, 2.45) is 0 Å². The van der Waals surface area contributed by atoms with Gasteiger partial charge in [-0.15, -0.1) is 0 Å². The number of halogens is 1. The van der Waals surface area contributed by atoms with Crippen LogP contribution >= 0.6 is 0 Å². The predicted molar refractivity (Wildman–Crippen MR) is 84.6 cm³/mol. The first-order valence-electron chi connectivity index (χ1n) is 7.32. The Morgan fingerprint density at radius 2 is 2.09 bits per heavy atom. The summed E-state index contributed by atoms with van der Waals surface area (Å²) in [6.07, 6.45) is 0.895. The summed E-state index contributed by atoms with van der Waals surface area (Å²) in [6.45, 7) is 1.12. The largest absolute Gasteiger partial charge is 0.494 e. The van der Waals surface area contributed by atoms with Gasteiger partial charge in [0, 0.05) is 39.4 Å². The monoisotopic (exact) mass is 346 g/mol. The fourth-order valence-corrected chi connectivity index (χ4v) is 4.01. The first-order valence-corrected chi connectivity index (χ1v) is 8.76. The number of hydrogen-bond donors (Lipinski definition) is 0. The lowest BCUT2D eigenvalue weighted by atomic mass is 10.2. The summed E-state index contributed by atoms with van der Waals surface area (Å²) in [5, 5.41) is 0. The highest BCUT2D eigenvalue weighted by atomic mass is 32.2. The van der Waals surface area contributed by atoms with Crippen LogP contribution in [0.15, 0.2) is 23.1 Å². The minimum absolute atomic E-state index is 0.0159. The molecule has 0 saturated carbocycles. The highest BCUT2D eigenvalue weighted by molar-refractivity contribution is 7.89. The van der Waals surface area contributed by atoms with Crippen LogP contribution in [0.2, 0.25) is 0 Å². The first kappa shape index (κ1) is 18.1. The Balaban J connectivity index is 2.16. The number of likely N-dealkylation sites (tertiary alicyclic amines) is 1. The summed E-state index contributed by atoms with van der Waals surface area (Å²) in [4.78, 5) is 2.10. The van der Waals surface area contributed by atoms with Gasteiger partial charge < -0.3 is 9.47 Å². The Hall–Kier alpha value is -1.22. The number of nitrogens with zero attached hydrogens (tertiary/aromatic N) is 2. The maximum Gasteiger partial charge on any atom is 0.243 e. The minimum Gasteiger partial charge on any atom is -0.494 e. The van der Waals surface area contributed by atoms with E-state index in [1.54, 1.807) is 7.11 Å². The van der Waals surface area contributed by atoms with Gasteiger partial charge in [0.05, 0.1) is 18.1 Å². The molecule has 23 heavy (non-hydrogen) atoms. The number of benzene rings is 1. The predicted octanol–water partition coefficient (Wildman–Crippen LogP) is 1.17. The van der Waals surface area contributed by atoms with Crippen molar-refractivity contribution in [1.29, 1.82) is 0 Å². The Labute approximate surface area is 136 Å². The number of hydrogen-bond acceptors (Lipinski definition) is 5. The fraction of sp³-hybridized carbons (Fsp3) is 0.600. The molecule has 1 aliphatic rings. The molecule has 0 amide bonds. The van der Waals surface area contributed by atoms with Crippen LogP contribution in [0.25, 0.3) is 0 Å². The number of methoxy groups -OCH3 is 2. The van der Waals surface area contributed by atoms with Crippen LogP contribution in [0.5, 0.6) is 5.75 Å². The van der Waals surface area contributed by atoms with E-state index < -0.39 is 15.8 Å². The van der Waals surface area contributed by atoms with Crippen molar-refractivity contribution in [1.82, 2.24) is 9.21 Å². The van der Waals surface area contributed by atoms with Crippen molar-refractivity contribution >= 4 is 10.0 Å². The van der Waals surface area contributed by atoms with E-state index in [1.165, 1.54) is 30.6 Å². The van der Waals surface area contributed by atoms with Crippen molar-refractivity contribution in [3.8, 4) is 5.75 Å². The summed E-state index contributed by atoms with van der Waals surface area (Å²) in [7, 11) is 2.73. The van der Waals surface area contributed by atoms with E-state index in [0.717, 1.165) is 19.0 Å². The lowest BCUT2D eigenvalue weighted by Gasteiger charge is -2.25. The van der Waals surface area contributed by atoms with Gasteiger partial charge >= 0.3 is 0 Å². The molecule has 1 aliphatic heterocycles. The fourth-order valence-electron chi connectivity index (χ4n) is 2.79. The molecule has 130 valence electrons. The second-order valence-electron chi connectivity index (χ2n) is 5.77. The zero-order valence-corrected chi connectivity index (χ0v) is 14.6. The van der Waals surface area contributed by atoms with Gasteiger partial charge in [0.2, 0.25) is 10.0 Å². The Morgan fingerprint density at radius 1 is 1.39 bits per heavy atom. The molecule has 1 aromatic rings. The Morgan fingerprint density at radius 3 is 2.65 bits per heavy atom. The average molecular weight is 346 g/mol. The molecule has 2 atom stereocenters. The first-order chi connectivity index (χ1) is 10.8. The molecular weight excluding hydrogens is 323 g/mol. The maximum absolute atomic E-state index is 13.5. The summed E-state index contributed by atoms with van der Waals surface area (Å²) in [6, 6.07) is 3.64. The number of sulfonamides is 1. The SMILES string of the molecule is COc1cc(S(=O)(=O)N(C)C[C@@H]2C[C@H](OC)CN2C)ccc1F. The molecule has 0 unspecified atom stereocenters. The van der Waals surface area contributed by atoms with Crippen molar-refractivity contribution in [3.05, 3.63) is 24.0 Å². The maximum atomic E-state index is 13.5. The molecule has 2 rings (SSSR count). The highest BCUT2D eigenvalue weighted by Crippen LogP contribution is 2.25. The molecule has 0 N–H and O–H groups in total. The van der Waals surface area contributed by atoms with Gasteiger partial charge in [0.1, 0.15) is 0 Å². The van der Waals surface area contributed by atoms with Gasteiger partial charge in [-0.2, -0.15) is 4.31 Å². The Bertz CT molecular complexity index is 653. The standard InChI is InChI=1S/C15H23FN2O4S/c1-17-10-12(21-3)7-11(17)9-18(2)23(19,20)13-5-6-14(16)15(8-13)22-4/h5-6,8,11-12H,7,9-10H2,1-4H3/t11-,12-/m0/s1. The van der Waals surface area contributed by atoms with Crippen molar-refractivity contribution in [3.63, 3.8) is 0 Å². The molecule has 8 heteroatoms. The molecule has 0 aromatic heterocycles. The second-order valence-corrected chi connectivity index (χ2v) is 7.81. The topological polar surface area (TPSA) is 59.1 Å². The van der Waals surface area contributed by atoms with Gasteiger partial charge in [-0.1, -0.05) is 0 Å². The van der Waals surface area contributed by atoms with Gasteiger partial charge in [0.25, 0.3) is 0 Å². The lowest BCUT2D eigenvalue weighted by Crippen LogP contribution is -2.39. The van der Waals surface area contributed by atoms with E-state index in [1.807, 2.05) is 7.05 Å². The van der Waals surface area contributed by atoms with E-state index in [2.05, 4.69) is 4.90 Å². The third-order valence-electron chi connectivity index (χ3n) is 4.28. The molecular formula is C15H23FN2O4S. The van der Waals surface area contributed by atoms with Gasteiger partial charge in [-0.3, -0.25) is 4.90 Å². The van der Waals surface area contributed by atoms with Crippen LogP contribution in [0, 0.1) is 5.82 Å². The minimum atomic E-state index is -3.70. The third-order valence-corrected chi connectivity index (χ3v) is 6.10. The number of ether oxygens (including phenoxy) is 2. The molecule has 6 nitrogen and oxygen atoms in total. The zero-order chi connectivity index (χ0) is 17.2. The highest BCUT2D eigenvalue weighted by Gasteiger charge is 2.33. The van der Waals surface area contributed by atoms with Gasteiger partial charge in [-0.25, -0.2) is 12.8 Å². The summed E-state index contributed by atoms with van der Waals surface area (Å²) < 4.78 is 50.3.